The van der Waals surface area contributed by atoms with Crippen LogP contribution in [0.15, 0.2) is 12.3 Å². The number of nitrogens with one attached hydrogen (secondary N) is 1. The van der Waals surface area contributed by atoms with Gasteiger partial charge in [0.2, 0.25) is 0 Å². The van der Waals surface area contributed by atoms with Crippen molar-refractivity contribution in [1.82, 2.24) is 10.4 Å². The molecule has 0 atom stereocenters. The Balaban J connectivity index is 2.91. The number of hydrogen-bond acceptors (Lipinski definition) is 4. The molecule has 102 valence electrons. The molecule has 0 radical (unpaired) electrons. The van der Waals surface area contributed by atoms with E-state index in [1.54, 1.807) is 6.07 Å². The van der Waals surface area contributed by atoms with E-state index in [-0.39, 0.29) is 17.3 Å². The van der Waals surface area contributed by atoms with Crippen LogP contribution in [0.4, 0.5) is 19.0 Å². The van der Waals surface area contributed by atoms with Gasteiger partial charge in [0.1, 0.15) is 6.42 Å². The van der Waals surface area contributed by atoms with Crippen molar-refractivity contribution in [3.63, 3.8) is 0 Å². The van der Waals surface area contributed by atoms with Crippen LogP contribution in [0.3, 0.4) is 0 Å². The van der Waals surface area contributed by atoms with E-state index < -0.39 is 17.6 Å². The first-order chi connectivity index (χ1) is 8.75. The van der Waals surface area contributed by atoms with E-state index >= 15 is 0 Å². The lowest BCUT2D eigenvalue weighted by Crippen LogP contribution is -2.39. The number of pyridine rings is 1. The van der Waals surface area contributed by atoms with Crippen molar-refractivity contribution in [3.8, 4) is 6.07 Å². The second-order valence-electron chi connectivity index (χ2n) is 3.46. The smallest absolute Gasteiger partial charge is 0.272 e. The number of anilines is 1. The van der Waals surface area contributed by atoms with Crippen molar-refractivity contribution in [1.29, 1.82) is 5.26 Å². The van der Waals surface area contributed by atoms with Crippen LogP contribution in [-0.4, -0.2) is 17.9 Å². The average molecular weight is 293 g/mol. The number of alkyl halides is 3. The summed E-state index contributed by atoms with van der Waals surface area (Å²) in [5.41, 5.74) is 1.25. The predicted octanol–water partition coefficient (Wildman–Crippen LogP) is 2.13. The second kappa shape index (κ2) is 5.75. The molecular formula is C10H8ClF3N4O. The summed E-state index contributed by atoms with van der Waals surface area (Å²) >= 11 is 5.67. The Morgan fingerprint density at radius 2 is 2.26 bits per heavy atom. The number of aromatic nitrogens is 1. The molecule has 0 aliphatic carbocycles. The molecule has 0 aromatic carbocycles. The van der Waals surface area contributed by atoms with Gasteiger partial charge in [-0.25, -0.2) is 4.98 Å². The minimum Gasteiger partial charge on any atom is -0.272 e. The Labute approximate surface area is 111 Å². The third kappa shape index (κ3) is 3.99. The van der Waals surface area contributed by atoms with Crippen LogP contribution in [0.2, 0.25) is 5.02 Å². The Bertz CT molecular complexity index is 526. The van der Waals surface area contributed by atoms with Crippen LogP contribution in [0.1, 0.15) is 12.0 Å². The highest BCUT2D eigenvalue weighted by Crippen LogP contribution is 2.32. The van der Waals surface area contributed by atoms with E-state index in [0.29, 0.717) is 12.3 Å². The molecule has 0 unspecified atom stereocenters. The number of halogens is 4. The van der Waals surface area contributed by atoms with Gasteiger partial charge >= 0.3 is 6.18 Å². The number of rotatable bonds is 3. The lowest BCUT2D eigenvalue weighted by molar-refractivity contribution is -0.137. The van der Waals surface area contributed by atoms with Gasteiger partial charge in [0.05, 0.1) is 16.7 Å². The summed E-state index contributed by atoms with van der Waals surface area (Å²) in [6.07, 6.45) is -4.32. The van der Waals surface area contributed by atoms with E-state index in [0.717, 1.165) is 5.01 Å². The molecule has 1 heterocycles. The minimum atomic E-state index is -4.54. The summed E-state index contributed by atoms with van der Waals surface area (Å²) in [7, 11) is 1.34. The summed E-state index contributed by atoms with van der Waals surface area (Å²) in [4.78, 5) is 14.7. The van der Waals surface area contributed by atoms with Crippen LogP contribution in [0.5, 0.6) is 0 Å². The zero-order chi connectivity index (χ0) is 14.6. The van der Waals surface area contributed by atoms with Gasteiger partial charge < -0.3 is 0 Å². The molecule has 1 aromatic heterocycles. The number of nitrogens with zero attached hydrogens (tertiary/aromatic N) is 3. The van der Waals surface area contributed by atoms with Crippen molar-refractivity contribution < 1.29 is 18.0 Å². The maximum Gasteiger partial charge on any atom is 0.417 e. The molecule has 1 aromatic rings. The standard InChI is InChI=1S/C10H8ClF3N4O/c1-18(17-8(19)2-3-15)9-7(11)4-6(5-16-9)10(12,13)14/h4-5H,2H2,1H3,(H,17,19). The first-order valence-corrected chi connectivity index (χ1v) is 5.26. The number of nitriles is 1. The summed E-state index contributed by atoms with van der Waals surface area (Å²) in [6.45, 7) is 0. The second-order valence-corrected chi connectivity index (χ2v) is 3.86. The number of hydrogen-bond donors (Lipinski definition) is 1. The third-order valence-electron chi connectivity index (χ3n) is 2.00. The van der Waals surface area contributed by atoms with Gasteiger partial charge in [0, 0.05) is 13.2 Å². The normalized spacial score (nSPS) is 10.7. The molecular weight excluding hydrogens is 285 g/mol. The van der Waals surface area contributed by atoms with Gasteiger partial charge in [-0.05, 0) is 6.07 Å². The summed E-state index contributed by atoms with van der Waals surface area (Å²) < 4.78 is 37.2. The molecule has 0 aliphatic heterocycles. The van der Waals surface area contributed by atoms with Crippen LogP contribution in [-0.2, 0) is 11.0 Å². The SMILES string of the molecule is CN(NC(=O)CC#N)c1ncc(C(F)(F)F)cc1Cl. The quantitative estimate of drug-likeness (QED) is 0.867. The number of amides is 1. The van der Waals surface area contributed by atoms with E-state index in [4.69, 9.17) is 16.9 Å². The number of hydrazine groups is 1. The molecule has 0 saturated heterocycles. The largest absolute Gasteiger partial charge is 0.417 e. The Morgan fingerprint density at radius 3 is 2.74 bits per heavy atom. The minimum absolute atomic E-state index is 0.0547. The van der Waals surface area contributed by atoms with Gasteiger partial charge in [0.25, 0.3) is 5.91 Å². The Hall–Kier alpha value is -2.01. The first kappa shape index (κ1) is 15.0. The van der Waals surface area contributed by atoms with E-state index in [2.05, 4.69) is 10.4 Å². The lowest BCUT2D eigenvalue weighted by atomic mass is 10.3. The number of carbonyl (C=O) groups is 1. The van der Waals surface area contributed by atoms with Gasteiger partial charge in [-0.1, -0.05) is 11.6 Å². The van der Waals surface area contributed by atoms with Gasteiger partial charge in [-0.15, -0.1) is 0 Å². The third-order valence-corrected chi connectivity index (χ3v) is 2.28. The predicted molar refractivity (Wildman–Crippen MR) is 61.0 cm³/mol. The van der Waals surface area contributed by atoms with Crippen molar-refractivity contribution in [2.75, 3.05) is 12.1 Å². The van der Waals surface area contributed by atoms with E-state index in [1.165, 1.54) is 7.05 Å². The molecule has 0 bridgehead atoms. The van der Waals surface area contributed by atoms with Crippen LogP contribution < -0.4 is 10.4 Å². The fraction of sp³-hybridized carbons (Fsp3) is 0.300. The first-order valence-electron chi connectivity index (χ1n) is 4.88. The van der Waals surface area contributed by atoms with Crippen LogP contribution >= 0.6 is 11.6 Å². The van der Waals surface area contributed by atoms with Crippen molar-refractivity contribution in [3.05, 3.63) is 22.8 Å². The van der Waals surface area contributed by atoms with Gasteiger partial charge in [0.15, 0.2) is 5.82 Å². The van der Waals surface area contributed by atoms with E-state index in [9.17, 15) is 18.0 Å². The van der Waals surface area contributed by atoms with Gasteiger partial charge in [-0.3, -0.25) is 15.2 Å². The summed E-state index contributed by atoms with van der Waals surface area (Å²) in [5, 5.41) is 9.08. The molecule has 19 heavy (non-hydrogen) atoms. The highest BCUT2D eigenvalue weighted by molar-refractivity contribution is 6.33. The number of carbonyl (C=O) groups excluding carboxylic acids is 1. The fourth-order valence-corrected chi connectivity index (χ4v) is 1.48. The highest BCUT2D eigenvalue weighted by atomic mass is 35.5. The molecule has 0 fully saturated rings. The van der Waals surface area contributed by atoms with Crippen molar-refractivity contribution in [2.24, 2.45) is 0 Å². The fourth-order valence-electron chi connectivity index (χ4n) is 1.18. The molecule has 0 spiro atoms. The monoisotopic (exact) mass is 292 g/mol. The van der Waals surface area contributed by atoms with Crippen molar-refractivity contribution >= 4 is 23.3 Å². The van der Waals surface area contributed by atoms with E-state index in [1.807, 2.05) is 0 Å². The van der Waals surface area contributed by atoms with Crippen molar-refractivity contribution in [2.45, 2.75) is 12.6 Å². The Morgan fingerprint density at radius 1 is 1.63 bits per heavy atom. The maximum absolute atomic E-state index is 12.4. The highest BCUT2D eigenvalue weighted by Gasteiger charge is 2.31. The molecule has 1 N–H and O–H groups in total. The molecule has 5 nitrogen and oxygen atoms in total. The summed E-state index contributed by atoms with van der Waals surface area (Å²) in [5.74, 6) is -0.677. The molecule has 1 rings (SSSR count). The molecule has 0 aliphatic rings. The lowest BCUT2D eigenvalue weighted by Gasteiger charge is -2.20. The molecule has 9 heteroatoms. The van der Waals surface area contributed by atoms with Gasteiger partial charge in [-0.2, -0.15) is 18.4 Å². The zero-order valence-corrected chi connectivity index (χ0v) is 10.4. The zero-order valence-electron chi connectivity index (χ0n) is 9.62. The molecule has 0 saturated carbocycles. The van der Waals surface area contributed by atoms with Crippen LogP contribution in [0, 0.1) is 11.3 Å². The average Bonchev–Trinajstić information content (AvgIpc) is 2.27. The molecule has 1 amide bonds. The maximum atomic E-state index is 12.4. The summed E-state index contributed by atoms with van der Waals surface area (Å²) in [6, 6.07) is 2.33. The topological polar surface area (TPSA) is 69.0 Å². The Kier molecular flexibility index (Phi) is 4.56. The van der Waals surface area contributed by atoms with Crippen LogP contribution in [0.25, 0.3) is 0 Å².